The van der Waals surface area contributed by atoms with Gasteiger partial charge in [-0.15, -0.1) is 22.7 Å². The monoisotopic (exact) mass is 647 g/mol. The highest BCUT2D eigenvalue weighted by Gasteiger charge is 2.38. The third-order valence-electron chi connectivity index (χ3n) is 10.8. The predicted octanol–water partition coefficient (Wildman–Crippen LogP) is 13.5. The average Bonchev–Trinajstić information content (AvgIpc) is 3.84. The Morgan fingerprint density at radius 2 is 1.17 bits per heavy atom. The standard InChI is InChI=1S/C45H29NS2/c1-45(2)36-14-6-3-10-29(36)33-22-23-34-30-11-4-7-15-37(30)46(44(34)43(33)45)27-19-21-35-41(25-27)48-39-17-9-13-28(42(35)39)26-18-20-32-31-12-5-8-16-38(31)47-40(32)24-26/h3-25H,1-2H3. The van der Waals surface area contributed by atoms with E-state index in [1.807, 2.05) is 22.7 Å². The van der Waals surface area contributed by atoms with Crippen LogP contribution in [0.15, 0.2) is 140 Å². The molecule has 0 radical (unpaired) electrons. The molecule has 1 aliphatic rings. The van der Waals surface area contributed by atoms with Crippen molar-refractivity contribution in [2.24, 2.45) is 0 Å². The van der Waals surface area contributed by atoms with E-state index in [9.17, 15) is 0 Å². The van der Waals surface area contributed by atoms with Gasteiger partial charge in [0.2, 0.25) is 0 Å². The SMILES string of the molecule is CC1(C)c2ccccc2-c2ccc3c4ccccc4n(-c4ccc5c(c4)sc4cccc(-c6ccc7c(c6)sc6ccccc67)c45)c3c21. The van der Waals surface area contributed by atoms with Gasteiger partial charge in [-0.25, -0.2) is 0 Å². The lowest BCUT2D eigenvalue weighted by Gasteiger charge is -2.23. The number of nitrogens with zero attached hydrogens (tertiary/aromatic N) is 1. The number of hydrogen-bond acceptors (Lipinski definition) is 2. The number of thiophene rings is 2. The summed E-state index contributed by atoms with van der Waals surface area (Å²) in [7, 11) is 0. The summed E-state index contributed by atoms with van der Waals surface area (Å²) in [5.41, 5.74) is 11.8. The molecule has 1 aliphatic carbocycles. The first-order valence-electron chi connectivity index (χ1n) is 16.6. The van der Waals surface area contributed by atoms with Gasteiger partial charge in [-0.1, -0.05) is 117 Å². The zero-order valence-electron chi connectivity index (χ0n) is 26.5. The zero-order valence-corrected chi connectivity index (χ0v) is 28.2. The van der Waals surface area contributed by atoms with E-state index < -0.39 is 0 Å². The topological polar surface area (TPSA) is 4.93 Å². The summed E-state index contributed by atoms with van der Waals surface area (Å²) in [5, 5.41) is 7.99. The molecule has 0 atom stereocenters. The Hall–Kier alpha value is -5.22. The number of fused-ring (bicyclic) bond motifs is 13. The van der Waals surface area contributed by atoms with Crippen molar-refractivity contribution in [3.8, 4) is 27.9 Å². The van der Waals surface area contributed by atoms with E-state index in [4.69, 9.17) is 0 Å². The lowest BCUT2D eigenvalue weighted by atomic mass is 9.81. The minimum absolute atomic E-state index is 0.107. The van der Waals surface area contributed by atoms with Crippen molar-refractivity contribution in [3.63, 3.8) is 0 Å². The second-order valence-electron chi connectivity index (χ2n) is 13.7. The van der Waals surface area contributed by atoms with Crippen molar-refractivity contribution in [2.75, 3.05) is 0 Å². The van der Waals surface area contributed by atoms with Crippen LogP contribution in [-0.2, 0) is 5.41 Å². The van der Waals surface area contributed by atoms with E-state index in [-0.39, 0.29) is 5.41 Å². The van der Waals surface area contributed by atoms with Crippen LogP contribution in [0, 0.1) is 0 Å². The van der Waals surface area contributed by atoms with Crippen molar-refractivity contribution in [2.45, 2.75) is 19.3 Å². The molecule has 10 aromatic rings. The third-order valence-corrected chi connectivity index (χ3v) is 13.0. The highest BCUT2D eigenvalue weighted by molar-refractivity contribution is 7.26. The molecule has 0 spiro atoms. The molecule has 48 heavy (non-hydrogen) atoms. The number of rotatable bonds is 2. The lowest BCUT2D eigenvalue weighted by molar-refractivity contribution is 0.664. The third kappa shape index (κ3) is 3.45. The molecule has 0 amide bonds. The normalized spacial score (nSPS) is 13.8. The molecule has 11 rings (SSSR count). The number of hydrogen-bond donors (Lipinski definition) is 0. The quantitative estimate of drug-likeness (QED) is 0.176. The van der Waals surface area contributed by atoms with E-state index in [0.29, 0.717) is 0 Å². The maximum absolute atomic E-state index is 2.54. The van der Waals surface area contributed by atoms with Crippen LogP contribution in [0.3, 0.4) is 0 Å². The Morgan fingerprint density at radius 3 is 2.10 bits per heavy atom. The van der Waals surface area contributed by atoms with Gasteiger partial charge in [0.1, 0.15) is 0 Å². The molecule has 3 heteroatoms. The van der Waals surface area contributed by atoms with Crippen LogP contribution in [0.25, 0.3) is 90.1 Å². The summed E-state index contributed by atoms with van der Waals surface area (Å²) in [4.78, 5) is 0. The molecule has 0 saturated heterocycles. The van der Waals surface area contributed by atoms with E-state index in [1.54, 1.807) is 0 Å². The van der Waals surface area contributed by atoms with Crippen molar-refractivity contribution < 1.29 is 0 Å². The van der Waals surface area contributed by atoms with E-state index in [1.165, 1.54) is 101 Å². The van der Waals surface area contributed by atoms with Gasteiger partial charge in [0, 0.05) is 62.2 Å². The number of para-hydroxylation sites is 1. The summed E-state index contributed by atoms with van der Waals surface area (Å²) >= 11 is 3.79. The fourth-order valence-electron chi connectivity index (χ4n) is 8.67. The van der Waals surface area contributed by atoms with E-state index in [0.717, 1.165) is 0 Å². The van der Waals surface area contributed by atoms with Gasteiger partial charge in [-0.05, 0) is 69.8 Å². The molecule has 0 saturated carbocycles. The summed E-state index contributed by atoms with van der Waals surface area (Å²) < 4.78 is 7.88. The molecular weight excluding hydrogens is 619 g/mol. The highest BCUT2D eigenvalue weighted by atomic mass is 32.1. The minimum atomic E-state index is -0.107. The van der Waals surface area contributed by atoms with Crippen molar-refractivity contribution in [1.29, 1.82) is 0 Å². The summed E-state index contributed by atoms with van der Waals surface area (Å²) in [6.07, 6.45) is 0. The van der Waals surface area contributed by atoms with Crippen LogP contribution in [-0.4, -0.2) is 4.57 Å². The number of benzene rings is 7. The van der Waals surface area contributed by atoms with Gasteiger partial charge in [0.05, 0.1) is 11.0 Å². The van der Waals surface area contributed by atoms with Gasteiger partial charge in [-0.3, -0.25) is 0 Å². The van der Waals surface area contributed by atoms with Crippen LogP contribution >= 0.6 is 22.7 Å². The molecule has 3 aromatic heterocycles. The van der Waals surface area contributed by atoms with Crippen molar-refractivity contribution >= 4 is 84.8 Å². The first kappa shape index (κ1) is 26.8. The minimum Gasteiger partial charge on any atom is -0.309 e. The first-order chi connectivity index (χ1) is 23.6. The maximum atomic E-state index is 2.54. The molecule has 226 valence electrons. The van der Waals surface area contributed by atoms with Crippen LogP contribution in [0.5, 0.6) is 0 Å². The van der Waals surface area contributed by atoms with Gasteiger partial charge < -0.3 is 4.57 Å². The maximum Gasteiger partial charge on any atom is 0.0588 e. The molecule has 0 unspecified atom stereocenters. The molecule has 7 aromatic carbocycles. The summed E-state index contributed by atoms with van der Waals surface area (Å²) in [5.74, 6) is 0. The van der Waals surface area contributed by atoms with Gasteiger partial charge in [0.15, 0.2) is 0 Å². The largest absolute Gasteiger partial charge is 0.309 e. The van der Waals surface area contributed by atoms with E-state index in [2.05, 4.69) is 158 Å². The smallest absolute Gasteiger partial charge is 0.0588 e. The summed E-state index contributed by atoms with van der Waals surface area (Å²) in [6.45, 7) is 4.79. The molecule has 3 heterocycles. The molecule has 0 aliphatic heterocycles. The van der Waals surface area contributed by atoms with Gasteiger partial charge in [0.25, 0.3) is 0 Å². The van der Waals surface area contributed by atoms with Crippen molar-refractivity contribution in [3.05, 3.63) is 151 Å². The average molecular weight is 648 g/mol. The Morgan fingerprint density at radius 1 is 0.479 bits per heavy atom. The van der Waals surface area contributed by atoms with Gasteiger partial charge in [-0.2, -0.15) is 0 Å². The Bertz CT molecular complexity index is 2980. The molecule has 0 N–H and O–H groups in total. The van der Waals surface area contributed by atoms with Crippen LogP contribution in [0.2, 0.25) is 0 Å². The predicted molar refractivity (Wildman–Crippen MR) is 210 cm³/mol. The van der Waals surface area contributed by atoms with Crippen LogP contribution in [0.4, 0.5) is 0 Å². The second-order valence-corrected chi connectivity index (χ2v) is 15.8. The molecule has 1 nitrogen and oxygen atoms in total. The molecule has 0 bridgehead atoms. The zero-order chi connectivity index (χ0) is 31.7. The molecule has 0 fully saturated rings. The fraction of sp³-hybridized carbons (Fsp3) is 0.0667. The van der Waals surface area contributed by atoms with Crippen LogP contribution < -0.4 is 0 Å². The second kappa shape index (κ2) is 9.44. The summed E-state index contributed by atoms with van der Waals surface area (Å²) in [6, 6.07) is 52.3. The van der Waals surface area contributed by atoms with Crippen molar-refractivity contribution in [1.82, 2.24) is 4.57 Å². The Balaban J connectivity index is 1.15. The highest BCUT2D eigenvalue weighted by Crippen LogP contribution is 2.53. The Labute approximate surface area is 285 Å². The fourth-order valence-corrected chi connectivity index (χ4v) is 11.0. The number of aromatic nitrogens is 1. The van der Waals surface area contributed by atoms with Gasteiger partial charge >= 0.3 is 0 Å². The Kier molecular flexibility index (Phi) is 5.27. The first-order valence-corrected chi connectivity index (χ1v) is 18.2. The van der Waals surface area contributed by atoms with Crippen LogP contribution in [0.1, 0.15) is 25.0 Å². The molecular formula is C45H29NS2. The lowest BCUT2D eigenvalue weighted by Crippen LogP contribution is -2.16. The van der Waals surface area contributed by atoms with E-state index >= 15 is 0 Å².